The van der Waals surface area contributed by atoms with Gasteiger partial charge in [-0.05, 0) is 24.5 Å². The van der Waals surface area contributed by atoms with Crippen molar-refractivity contribution in [1.29, 1.82) is 0 Å². The molecule has 1 amide bonds. The van der Waals surface area contributed by atoms with Crippen molar-refractivity contribution in [2.24, 2.45) is 0 Å². The van der Waals surface area contributed by atoms with E-state index in [1.165, 1.54) is 0 Å². The number of para-hydroxylation sites is 1. The highest BCUT2D eigenvalue weighted by atomic mass is 32.2. The zero-order valence-corrected chi connectivity index (χ0v) is 11.2. The van der Waals surface area contributed by atoms with E-state index in [0.717, 1.165) is 12.8 Å². The lowest BCUT2D eigenvalue weighted by atomic mass is 10.2. The van der Waals surface area contributed by atoms with Gasteiger partial charge in [-0.15, -0.1) is 0 Å². The van der Waals surface area contributed by atoms with Crippen molar-refractivity contribution < 1.29 is 13.2 Å². The Morgan fingerprint density at radius 1 is 1.32 bits per heavy atom. The van der Waals surface area contributed by atoms with Crippen LogP contribution in [0, 0.1) is 0 Å². The molecule has 1 aromatic rings. The molecule has 1 aliphatic carbocycles. The standard InChI is InChI=1S/C12H17N3O3S/c13-11-4-2-1-3-9(11)8-19(17,18)14-7-12(16)15-10-5-6-10/h1-4,10,14H,5-8,13H2,(H,15,16). The molecule has 0 heterocycles. The van der Waals surface area contributed by atoms with Crippen LogP contribution in [0.3, 0.4) is 0 Å². The second kappa shape index (κ2) is 5.58. The molecule has 0 aromatic heterocycles. The minimum Gasteiger partial charge on any atom is -0.398 e. The van der Waals surface area contributed by atoms with Crippen molar-refractivity contribution in [3.05, 3.63) is 29.8 Å². The van der Waals surface area contributed by atoms with Crippen molar-refractivity contribution in [2.45, 2.75) is 24.6 Å². The van der Waals surface area contributed by atoms with E-state index < -0.39 is 10.0 Å². The molecular formula is C12H17N3O3S. The summed E-state index contributed by atoms with van der Waals surface area (Å²) in [5, 5.41) is 2.71. The molecule has 104 valence electrons. The minimum absolute atomic E-state index is 0.224. The SMILES string of the molecule is Nc1ccccc1CS(=O)(=O)NCC(=O)NC1CC1. The second-order valence-corrected chi connectivity index (χ2v) is 6.43. The molecule has 0 radical (unpaired) electrons. The van der Waals surface area contributed by atoms with Gasteiger partial charge in [0.25, 0.3) is 0 Å². The zero-order chi connectivity index (χ0) is 13.9. The topological polar surface area (TPSA) is 101 Å². The van der Waals surface area contributed by atoms with E-state index in [4.69, 9.17) is 5.73 Å². The molecule has 6 nitrogen and oxygen atoms in total. The summed E-state index contributed by atoms with van der Waals surface area (Å²) >= 11 is 0. The summed E-state index contributed by atoms with van der Waals surface area (Å²) in [7, 11) is -3.56. The van der Waals surface area contributed by atoms with Crippen LogP contribution < -0.4 is 15.8 Å². The van der Waals surface area contributed by atoms with Crippen LogP contribution in [-0.2, 0) is 20.6 Å². The summed E-state index contributed by atoms with van der Waals surface area (Å²) in [6.07, 6.45) is 1.94. The minimum atomic E-state index is -3.56. The van der Waals surface area contributed by atoms with Crippen molar-refractivity contribution in [1.82, 2.24) is 10.0 Å². The maximum absolute atomic E-state index is 11.8. The van der Waals surface area contributed by atoms with Crippen molar-refractivity contribution in [3.8, 4) is 0 Å². The largest absolute Gasteiger partial charge is 0.398 e. The number of hydrogen-bond acceptors (Lipinski definition) is 4. The smallest absolute Gasteiger partial charge is 0.235 e. The number of carbonyl (C=O) groups is 1. The lowest BCUT2D eigenvalue weighted by Gasteiger charge is -2.08. The van der Waals surface area contributed by atoms with Crippen molar-refractivity contribution in [3.63, 3.8) is 0 Å². The van der Waals surface area contributed by atoms with Gasteiger partial charge in [-0.3, -0.25) is 4.79 Å². The fraction of sp³-hybridized carbons (Fsp3) is 0.417. The second-order valence-electron chi connectivity index (χ2n) is 4.62. The molecular weight excluding hydrogens is 266 g/mol. The highest BCUT2D eigenvalue weighted by Crippen LogP contribution is 2.18. The van der Waals surface area contributed by atoms with E-state index in [9.17, 15) is 13.2 Å². The number of nitrogens with one attached hydrogen (secondary N) is 2. The molecule has 4 N–H and O–H groups in total. The number of carbonyl (C=O) groups excluding carboxylic acids is 1. The average Bonchev–Trinajstić information content (AvgIpc) is 3.14. The Kier molecular flexibility index (Phi) is 4.06. The Morgan fingerprint density at radius 2 is 2.00 bits per heavy atom. The van der Waals surface area contributed by atoms with Crippen LogP contribution in [-0.4, -0.2) is 26.9 Å². The van der Waals surface area contributed by atoms with Crippen molar-refractivity contribution in [2.75, 3.05) is 12.3 Å². The molecule has 0 saturated heterocycles. The quantitative estimate of drug-likeness (QED) is 0.638. The van der Waals surface area contributed by atoms with E-state index in [-0.39, 0.29) is 24.2 Å². The third kappa shape index (κ3) is 4.53. The zero-order valence-electron chi connectivity index (χ0n) is 10.4. The fourth-order valence-corrected chi connectivity index (χ4v) is 2.73. The first-order valence-electron chi connectivity index (χ1n) is 6.06. The van der Waals surface area contributed by atoms with Crippen LogP contribution >= 0.6 is 0 Å². The van der Waals surface area contributed by atoms with Gasteiger partial charge in [0.15, 0.2) is 0 Å². The summed E-state index contributed by atoms with van der Waals surface area (Å²) in [6, 6.07) is 6.98. The summed E-state index contributed by atoms with van der Waals surface area (Å²) < 4.78 is 25.9. The Balaban J connectivity index is 1.87. The third-order valence-corrected chi connectivity index (χ3v) is 4.07. The lowest BCUT2D eigenvalue weighted by Crippen LogP contribution is -2.38. The predicted octanol–water partition coefficient (Wildman–Crippen LogP) is -0.0332. The molecule has 0 aliphatic heterocycles. The van der Waals surface area contributed by atoms with Gasteiger partial charge in [0, 0.05) is 11.7 Å². The first-order valence-corrected chi connectivity index (χ1v) is 7.71. The first kappa shape index (κ1) is 13.8. The summed E-state index contributed by atoms with van der Waals surface area (Å²) in [6.45, 7) is -0.231. The number of benzene rings is 1. The Hall–Kier alpha value is -1.60. The number of nitrogens with two attached hydrogens (primary N) is 1. The van der Waals surface area contributed by atoms with Gasteiger partial charge < -0.3 is 11.1 Å². The van der Waals surface area contributed by atoms with Gasteiger partial charge in [-0.25, -0.2) is 13.1 Å². The predicted molar refractivity (Wildman–Crippen MR) is 72.6 cm³/mol. The molecule has 19 heavy (non-hydrogen) atoms. The molecule has 0 atom stereocenters. The highest BCUT2D eigenvalue weighted by Gasteiger charge is 2.23. The number of sulfonamides is 1. The number of rotatable bonds is 6. The third-order valence-electron chi connectivity index (χ3n) is 2.80. The monoisotopic (exact) mass is 283 g/mol. The molecule has 2 rings (SSSR count). The van der Waals surface area contributed by atoms with Gasteiger partial charge in [0.2, 0.25) is 15.9 Å². The number of anilines is 1. The summed E-state index contributed by atoms with van der Waals surface area (Å²) in [5.41, 5.74) is 6.64. The van der Waals surface area contributed by atoms with Gasteiger partial charge in [-0.1, -0.05) is 18.2 Å². The van der Waals surface area contributed by atoms with Crippen LogP contribution in [0.15, 0.2) is 24.3 Å². The normalized spacial score (nSPS) is 15.2. The molecule has 1 fully saturated rings. The maximum Gasteiger partial charge on any atom is 0.235 e. The van der Waals surface area contributed by atoms with Crippen LogP contribution in [0.25, 0.3) is 0 Å². The average molecular weight is 283 g/mol. The number of nitrogen functional groups attached to an aromatic ring is 1. The van der Waals surface area contributed by atoms with E-state index in [2.05, 4.69) is 10.0 Å². The Morgan fingerprint density at radius 3 is 2.63 bits per heavy atom. The highest BCUT2D eigenvalue weighted by molar-refractivity contribution is 7.88. The molecule has 0 bridgehead atoms. The van der Waals surface area contributed by atoms with Crippen LogP contribution in [0.4, 0.5) is 5.69 Å². The Bertz CT molecular complexity index is 567. The molecule has 0 spiro atoms. The van der Waals surface area contributed by atoms with Gasteiger partial charge in [0.05, 0.1) is 12.3 Å². The van der Waals surface area contributed by atoms with Crippen LogP contribution in [0.1, 0.15) is 18.4 Å². The lowest BCUT2D eigenvalue weighted by molar-refractivity contribution is -0.120. The molecule has 1 aliphatic rings. The van der Waals surface area contributed by atoms with Gasteiger partial charge >= 0.3 is 0 Å². The maximum atomic E-state index is 11.8. The fourth-order valence-electron chi connectivity index (χ4n) is 1.60. The van der Waals surface area contributed by atoms with Gasteiger partial charge in [0.1, 0.15) is 0 Å². The first-order chi connectivity index (χ1) is 8.96. The number of hydrogen-bond donors (Lipinski definition) is 3. The molecule has 0 unspecified atom stereocenters. The molecule has 1 saturated carbocycles. The van der Waals surface area contributed by atoms with Crippen molar-refractivity contribution >= 4 is 21.6 Å². The van der Waals surface area contributed by atoms with E-state index >= 15 is 0 Å². The summed E-state index contributed by atoms with van der Waals surface area (Å²) in [5.74, 6) is -0.525. The number of amides is 1. The van der Waals surface area contributed by atoms with E-state index in [1.807, 2.05) is 0 Å². The van der Waals surface area contributed by atoms with Crippen LogP contribution in [0.2, 0.25) is 0 Å². The molecule has 7 heteroatoms. The Labute approximate surface area is 112 Å². The summed E-state index contributed by atoms with van der Waals surface area (Å²) in [4.78, 5) is 11.4. The van der Waals surface area contributed by atoms with Gasteiger partial charge in [-0.2, -0.15) is 0 Å². The van der Waals surface area contributed by atoms with Crippen LogP contribution in [0.5, 0.6) is 0 Å². The molecule has 1 aromatic carbocycles. The van der Waals surface area contributed by atoms with E-state index in [0.29, 0.717) is 11.3 Å². The van der Waals surface area contributed by atoms with E-state index in [1.54, 1.807) is 24.3 Å².